The minimum Gasteiger partial charge on any atom is -0.469 e. The Morgan fingerprint density at radius 3 is 2.48 bits per heavy atom. The van der Waals surface area contributed by atoms with Gasteiger partial charge in [-0.1, -0.05) is 42.5 Å². The van der Waals surface area contributed by atoms with E-state index in [1.54, 1.807) is 26.8 Å². The number of nitrogens with one attached hydrogen (secondary N) is 1. The van der Waals surface area contributed by atoms with Crippen molar-refractivity contribution in [1.29, 1.82) is 0 Å². The Bertz CT molecular complexity index is 607. The maximum atomic E-state index is 12.1. The number of aliphatic hydroxyl groups is 1. The number of ether oxygens (including phenoxy) is 2. The van der Waals surface area contributed by atoms with Gasteiger partial charge >= 0.3 is 12.1 Å². The van der Waals surface area contributed by atoms with E-state index in [4.69, 9.17) is 4.74 Å². The summed E-state index contributed by atoms with van der Waals surface area (Å²) in [5.74, 6) is -0.252. The van der Waals surface area contributed by atoms with Crippen molar-refractivity contribution in [2.24, 2.45) is 0 Å². The van der Waals surface area contributed by atoms with Crippen molar-refractivity contribution >= 4 is 12.1 Å². The van der Waals surface area contributed by atoms with Gasteiger partial charge in [0.25, 0.3) is 0 Å². The van der Waals surface area contributed by atoms with Gasteiger partial charge < -0.3 is 19.9 Å². The fraction of sp³-hybridized carbons (Fsp3) is 0.524. The van der Waals surface area contributed by atoms with Crippen molar-refractivity contribution < 1.29 is 24.2 Å². The number of hydrogen-bond acceptors (Lipinski definition) is 5. The summed E-state index contributed by atoms with van der Waals surface area (Å²) in [5.41, 5.74) is 0.382. The van der Waals surface area contributed by atoms with Crippen LogP contribution in [0.25, 0.3) is 0 Å². The van der Waals surface area contributed by atoms with E-state index in [1.165, 1.54) is 7.11 Å². The van der Waals surface area contributed by atoms with Crippen molar-refractivity contribution in [1.82, 2.24) is 5.32 Å². The number of alkyl carbamates (subject to hydrolysis) is 1. The third-order valence-electron chi connectivity index (χ3n) is 3.73. The van der Waals surface area contributed by atoms with Gasteiger partial charge in [0, 0.05) is 6.42 Å². The quantitative estimate of drug-likeness (QED) is 0.391. The van der Waals surface area contributed by atoms with Crippen LogP contribution in [-0.2, 0) is 20.7 Å². The molecule has 0 aliphatic rings. The van der Waals surface area contributed by atoms with E-state index in [1.807, 2.05) is 36.4 Å². The van der Waals surface area contributed by atoms with E-state index >= 15 is 0 Å². The van der Waals surface area contributed by atoms with Crippen molar-refractivity contribution in [3.05, 3.63) is 48.0 Å². The van der Waals surface area contributed by atoms with Crippen LogP contribution in [0.5, 0.6) is 0 Å². The predicted molar refractivity (Wildman–Crippen MR) is 104 cm³/mol. The molecule has 0 saturated heterocycles. The first kappa shape index (κ1) is 22.7. The summed E-state index contributed by atoms with van der Waals surface area (Å²) in [4.78, 5) is 23.2. The molecule has 0 aliphatic heterocycles. The van der Waals surface area contributed by atoms with Crippen LogP contribution in [0.3, 0.4) is 0 Å². The summed E-state index contributed by atoms with van der Waals surface area (Å²) in [6, 6.07) is 9.09. The van der Waals surface area contributed by atoms with E-state index in [-0.39, 0.29) is 5.97 Å². The molecule has 1 aromatic rings. The number of hydrogen-bond donors (Lipinski definition) is 2. The number of unbranched alkanes of at least 4 members (excludes halogenated alkanes) is 1. The molecule has 1 amide bonds. The molecule has 0 aliphatic carbocycles. The highest BCUT2D eigenvalue weighted by atomic mass is 16.6. The molecule has 0 unspecified atom stereocenters. The second kappa shape index (κ2) is 11.4. The number of aliphatic hydroxyl groups excluding tert-OH is 1. The van der Waals surface area contributed by atoms with Gasteiger partial charge in [-0.15, -0.1) is 0 Å². The molecule has 6 nitrogen and oxygen atoms in total. The maximum Gasteiger partial charge on any atom is 0.407 e. The number of carbonyl (C=O) groups excluding carboxylic acids is 2. The number of benzene rings is 1. The Morgan fingerprint density at radius 1 is 1.22 bits per heavy atom. The predicted octanol–water partition coefficient (Wildman–Crippen LogP) is 3.38. The smallest absolute Gasteiger partial charge is 0.407 e. The second-order valence-corrected chi connectivity index (χ2v) is 7.33. The van der Waals surface area contributed by atoms with Gasteiger partial charge in [-0.25, -0.2) is 4.79 Å². The Hall–Kier alpha value is -2.34. The van der Waals surface area contributed by atoms with Crippen molar-refractivity contribution in [3.8, 4) is 0 Å². The third kappa shape index (κ3) is 10.4. The van der Waals surface area contributed by atoms with E-state index in [9.17, 15) is 14.7 Å². The highest BCUT2D eigenvalue weighted by Gasteiger charge is 2.23. The summed E-state index contributed by atoms with van der Waals surface area (Å²) in [6.45, 7) is 5.36. The lowest BCUT2D eigenvalue weighted by molar-refractivity contribution is -0.140. The van der Waals surface area contributed by atoms with Gasteiger partial charge in [0.05, 0.1) is 19.3 Å². The lowest BCUT2D eigenvalue weighted by Crippen LogP contribution is -2.46. The molecule has 1 aromatic carbocycles. The molecule has 6 heteroatoms. The molecular weight excluding hydrogens is 346 g/mol. The van der Waals surface area contributed by atoms with Crippen LogP contribution < -0.4 is 5.32 Å². The minimum absolute atomic E-state index is 0.252. The summed E-state index contributed by atoms with van der Waals surface area (Å²) in [6.07, 6.45) is 4.08. The van der Waals surface area contributed by atoms with Gasteiger partial charge in [0.15, 0.2) is 0 Å². The Kier molecular flexibility index (Phi) is 9.58. The molecule has 0 fully saturated rings. The highest BCUT2D eigenvalue weighted by Crippen LogP contribution is 2.11. The molecular formula is C21H31NO5. The Balaban J connectivity index is 2.68. The van der Waals surface area contributed by atoms with Crippen molar-refractivity contribution in [3.63, 3.8) is 0 Å². The topological polar surface area (TPSA) is 84.9 Å². The zero-order chi connectivity index (χ0) is 20.3. The van der Waals surface area contributed by atoms with Crippen LogP contribution in [-0.4, -0.2) is 42.0 Å². The molecule has 0 heterocycles. The van der Waals surface area contributed by atoms with Gasteiger partial charge in [-0.3, -0.25) is 4.79 Å². The Morgan fingerprint density at radius 2 is 1.89 bits per heavy atom. The van der Waals surface area contributed by atoms with E-state index in [0.29, 0.717) is 25.7 Å². The van der Waals surface area contributed by atoms with Gasteiger partial charge in [-0.2, -0.15) is 0 Å². The normalized spacial score (nSPS) is 13.8. The number of carbonyl (C=O) groups is 2. The van der Waals surface area contributed by atoms with Crippen molar-refractivity contribution in [2.45, 2.75) is 64.2 Å². The fourth-order valence-electron chi connectivity index (χ4n) is 2.42. The average Bonchev–Trinajstić information content (AvgIpc) is 2.59. The molecule has 0 saturated carbocycles. The van der Waals surface area contributed by atoms with Gasteiger partial charge in [0.1, 0.15) is 5.60 Å². The SMILES string of the molecule is COC(=O)CCCC=C[C@H](O)[C@H](Cc1ccccc1)NC(=O)OC(C)(C)C. The summed E-state index contributed by atoms with van der Waals surface area (Å²) in [5, 5.41) is 13.3. The van der Waals surface area contributed by atoms with E-state index in [0.717, 1.165) is 5.56 Å². The van der Waals surface area contributed by atoms with Crippen LogP contribution in [0.2, 0.25) is 0 Å². The first-order chi connectivity index (χ1) is 12.7. The third-order valence-corrected chi connectivity index (χ3v) is 3.73. The number of methoxy groups -OCH3 is 1. The molecule has 1 rings (SSSR count). The van der Waals surface area contributed by atoms with Crippen molar-refractivity contribution in [2.75, 3.05) is 7.11 Å². The minimum atomic E-state index is -0.879. The van der Waals surface area contributed by atoms with E-state index in [2.05, 4.69) is 10.1 Å². The molecule has 0 spiro atoms. The first-order valence-electron chi connectivity index (χ1n) is 9.16. The number of rotatable bonds is 9. The molecule has 0 aromatic heterocycles. The second-order valence-electron chi connectivity index (χ2n) is 7.33. The summed E-state index contributed by atoms with van der Waals surface area (Å²) < 4.78 is 9.89. The molecule has 150 valence electrons. The standard InChI is InChI=1S/C21H31NO5/c1-21(2,3)27-20(25)22-17(15-16-11-7-5-8-12-16)18(23)13-9-6-10-14-19(24)26-4/h5,7-9,11-13,17-18,23H,6,10,14-15H2,1-4H3,(H,22,25)/t17-,18-/m0/s1. The average molecular weight is 377 g/mol. The van der Waals surface area contributed by atoms with Crippen LogP contribution in [0.1, 0.15) is 45.6 Å². The zero-order valence-electron chi connectivity index (χ0n) is 16.6. The van der Waals surface area contributed by atoms with Crippen LogP contribution in [0.4, 0.5) is 4.79 Å². The number of amides is 1. The van der Waals surface area contributed by atoms with Crippen LogP contribution in [0.15, 0.2) is 42.5 Å². The lowest BCUT2D eigenvalue weighted by Gasteiger charge is -2.25. The first-order valence-corrected chi connectivity index (χ1v) is 9.16. The molecule has 2 atom stereocenters. The maximum absolute atomic E-state index is 12.1. The highest BCUT2D eigenvalue weighted by molar-refractivity contribution is 5.69. The molecule has 27 heavy (non-hydrogen) atoms. The zero-order valence-corrected chi connectivity index (χ0v) is 16.6. The molecule has 0 bridgehead atoms. The molecule has 0 radical (unpaired) electrons. The summed E-state index contributed by atoms with van der Waals surface area (Å²) >= 11 is 0. The fourth-order valence-corrected chi connectivity index (χ4v) is 2.42. The van der Waals surface area contributed by atoms with Gasteiger partial charge in [-0.05, 0) is 45.6 Å². The lowest BCUT2D eigenvalue weighted by atomic mass is 10.0. The number of esters is 1. The monoisotopic (exact) mass is 377 g/mol. The Labute approximate surface area is 161 Å². The van der Waals surface area contributed by atoms with Gasteiger partial charge in [0.2, 0.25) is 0 Å². The summed E-state index contributed by atoms with van der Waals surface area (Å²) in [7, 11) is 1.36. The largest absolute Gasteiger partial charge is 0.469 e. The van der Waals surface area contributed by atoms with Crippen LogP contribution in [0, 0.1) is 0 Å². The molecule has 2 N–H and O–H groups in total. The number of allylic oxidation sites excluding steroid dienone is 1. The van der Waals surface area contributed by atoms with E-state index < -0.39 is 23.8 Å². The van der Waals surface area contributed by atoms with Crippen LogP contribution >= 0.6 is 0 Å².